The molecule has 150 valence electrons. The van der Waals surface area contributed by atoms with E-state index < -0.39 is 0 Å². The van der Waals surface area contributed by atoms with Crippen LogP contribution in [0.3, 0.4) is 0 Å². The molecule has 28 heavy (non-hydrogen) atoms. The van der Waals surface area contributed by atoms with Crippen LogP contribution in [0, 0.1) is 6.92 Å². The van der Waals surface area contributed by atoms with Gasteiger partial charge in [-0.15, -0.1) is 0 Å². The Bertz CT molecular complexity index is 787. The van der Waals surface area contributed by atoms with Gasteiger partial charge in [0, 0.05) is 38.3 Å². The highest BCUT2D eigenvalue weighted by Gasteiger charge is 2.24. The summed E-state index contributed by atoms with van der Waals surface area (Å²) in [6.07, 6.45) is 0. The van der Waals surface area contributed by atoms with Gasteiger partial charge in [-0.3, -0.25) is 9.69 Å². The van der Waals surface area contributed by atoms with Gasteiger partial charge in [0.05, 0.1) is 21.3 Å². The molecule has 2 aromatic carbocycles. The van der Waals surface area contributed by atoms with Crippen molar-refractivity contribution in [2.24, 2.45) is 0 Å². The maximum atomic E-state index is 13.0. The van der Waals surface area contributed by atoms with Crippen LogP contribution in [0.1, 0.15) is 21.5 Å². The van der Waals surface area contributed by atoms with Gasteiger partial charge in [0.25, 0.3) is 5.91 Å². The number of nitrogens with zero attached hydrogens (tertiary/aromatic N) is 2. The minimum Gasteiger partial charge on any atom is -0.493 e. The quantitative estimate of drug-likeness (QED) is 0.766. The van der Waals surface area contributed by atoms with Crippen molar-refractivity contribution >= 4 is 5.91 Å². The Labute approximate surface area is 166 Å². The fourth-order valence-electron chi connectivity index (χ4n) is 3.45. The molecule has 1 fully saturated rings. The fraction of sp³-hybridized carbons (Fsp3) is 0.409. The van der Waals surface area contributed by atoms with Gasteiger partial charge in [-0.1, -0.05) is 29.8 Å². The molecular formula is C22H28N2O4. The summed E-state index contributed by atoms with van der Waals surface area (Å²) in [4.78, 5) is 17.3. The minimum absolute atomic E-state index is 0.0192. The number of benzene rings is 2. The van der Waals surface area contributed by atoms with Gasteiger partial charge < -0.3 is 19.1 Å². The molecule has 0 unspecified atom stereocenters. The van der Waals surface area contributed by atoms with E-state index in [4.69, 9.17) is 14.2 Å². The molecule has 3 rings (SSSR count). The Morgan fingerprint density at radius 3 is 1.96 bits per heavy atom. The third-order valence-corrected chi connectivity index (χ3v) is 5.10. The first-order valence-electron chi connectivity index (χ1n) is 9.43. The maximum Gasteiger partial charge on any atom is 0.254 e. The van der Waals surface area contributed by atoms with E-state index in [1.807, 2.05) is 4.90 Å². The lowest BCUT2D eigenvalue weighted by Crippen LogP contribution is -2.48. The number of amides is 1. The highest BCUT2D eigenvalue weighted by Crippen LogP contribution is 2.38. The van der Waals surface area contributed by atoms with Crippen LogP contribution < -0.4 is 14.2 Å². The second-order valence-electron chi connectivity index (χ2n) is 6.97. The van der Waals surface area contributed by atoms with E-state index in [9.17, 15) is 4.79 Å². The number of hydrogen-bond donors (Lipinski definition) is 0. The Morgan fingerprint density at radius 1 is 0.893 bits per heavy atom. The van der Waals surface area contributed by atoms with Crippen molar-refractivity contribution in [3.05, 3.63) is 53.1 Å². The third kappa shape index (κ3) is 4.39. The number of piperazine rings is 1. The second kappa shape index (κ2) is 8.97. The van der Waals surface area contributed by atoms with Gasteiger partial charge >= 0.3 is 0 Å². The zero-order valence-corrected chi connectivity index (χ0v) is 17.0. The van der Waals surface area contributed by atoms with E-state index in [0.29, 0.717) is 35.9 Å². The molecule has 0 aromatic heterocycles. The number of carbonyl (C=O) groups is 1. The first kappa shape index (κ1) is 20.0. The van der Waals surface area contributed by atoms with Crippen LogP contribution in [0.4, 0.5) is 0 Å². The lowest BCUT2D eigenvalue weighted by atomic mass is 10.1. The van der Waals surface area contributed by atoms with Crippen molar-refractivity contribution in [2.75, 3.05) is 47.5 Å². The molecule has 0 aliphatic carbocycles. The number of carbonyl (C=O) groups excluding carboxylic acids is 1. The summed E-state index contributed by atoms with van der Waals surface area (Å²) < 4.78 is 16.1. The van der Waals surface area contributed by atoms with E-state index in [2.05, 4.69) is 36.1 Å². The summed E-state index contributed by atoms with van der Waals surface area (Å²) in [5.41, 5.74) is 3.11. The van der Waals surface area contributed by atoms with Crippen LogP contribution in [0.15, 0.2) is 36.4 Å². The van der Waals surface area contributed by atoms with E-state index in [1.165, 1.54) is 11.1 Å². The summed E-state index contributed by atoms with van der Waals surface area (Å²) in [5, 5.41) is 0. The Hall–Kier alpha value is -2.73. The van der Waals surface area contributed by atoms with E-state index in [-0.39, 0.29) is 5.91 Å². The van der Waals surface area contributed by atoms with Crippen molar-refractivity contribution < 1.29 is 19.0 Å². The highest BCUT2D eigenvalue weighted by molar-refractivity contribution is 5.95. The van der Waals surface area contributed by atoms with Crippen LogP contribution >= 0.6 is 0 Å². The molecule has 1 aliphatic heterocycles. The van der Waals surface area contributed by atoms with Gasteiger partial charge in [-0.2, -0.15) is 0 Å². The lowest BCUT2D eigenvalue weighted by molar-refractivity contribution is 0.0627. The summed E-state index contributed by atoms with van der Waals surface area (Å²) in [6.45, 7) is 6.10. The van der Waals surface area contributed by atoms with E-state index in [1.54, 1.807) is 33.5 Å². The van der Waals surface area contributed by atoms with Gasteiger partial charge in [-0.05, 0) is 24.6 Å². The molecule has 0 spiro atoms. The number of rotatable bonds is 6. The van der Waals surface area contributed by atoms with Crippen LogP contribution in [-0.2, 0) is 6.54 Å². The van der Waals surface area contributed by atoms with E-state index in [0.717, 1.165) is 19.6 Å². The monoisotopic (exact) mass is 384 g/mol. The molecule has 1 aliphatic rings. The molecule has 0 N–H and O–H groups in total. The Kier molecular flexibility index (Phi) is 6.41. The standard InChI is InChI=1S/C22H28N2O4/c1-16-5-7-17(8-6-16)15-23-9-11-24(12-10-23)22(25)18-13-19(26-2)21(28-4)20(14-18)27-3/h5-8,13-14H,9-12,15H2,1-4H3. The van der Waals surface area contributed by atoms with Crippen molar-refractivity contribution in [1.29, 1.82) is 0 Å². The number of hydrogen-bond acceptors (Lipinski definition) is 5. The predicted molar refractivity (Wildman–Crippen MR) is 108 cm³/mol. The number of ether oxygens (including phenoxy) is 3. The average Bonchev–Trinajstić information content (AvgIpc) is 2.74. The van der Waals surface area contributed by atoms with Crippen molar-refractivity contribution in [3.8, 4) is 17.2 Å². The van der Waals surface area contributed by atoms with E-state index >= 15 is 0 Å². The minimum atomic E-state index is -0.0192. The number of methoxy groups -OCH3 is 3. The topological polar surface area (TPSA) is 51.2 Å². The largest absolute Gasteiger partial charge is 0.493 e. The van der Waals surface area contributed by atoms with Crippen LogP contribution in [-0.4, -0.2) is 63.2 Å². The van der Waals surface area contributed by atoms with Gasteiger partial charge in [0.1, 0.15) is 0 Å². The molecule has 0 radical (unpaired) electrons. The third-order valence-electron chi connectivity index (χ3n) is 5.10. The summed E-state index contributed by atoms with van der Waals surface area (Å²) in [7, 11) is 4.65. The average molecular weight is 384 g/mol. The molecule has 6 heteroatoms. The van der Waals surface area contributed by atoms with Gasteiger partial charge in [0.2, 0.25) is 5.75 Å². The van der Waals surface area contributed by atoms with Crippen molar-refractivity contribution in [3.63, 3.8) is 0 Å². The molecule has 0 saturated carbocycles. The number of aryl methyl sites for hydroxylation is 1. The highest BCUT2D eigenvalue weighted by atomic mass is 16.5. The van der Waals surface area contributed by atoms with Crippen LogP contribution in [0.25, 0.3) is 0 Å². The molecule has 1 amide bonds. The van der Waals surface area contributed by atoms with Crippen LogP contribution in [0.5, 0.6) is 17.2 Å². The molecule has 1 heterocycles. The smallest absolute Gasteiger partial charge is 0.254 e. The molecule has 1 saturated heterocycles. The van der Waals surface area contributed by atoms with Gasteiger partial charge in [0.15, 0.2) is 11.5 Å². The lowest BCUT2D eigenvalue weighted by Gasteiger charge is -2.35. The fourth-order valence-corrected chi connectivity index (χ4v) is 3.45. The summed E-state index contributed by atoms with van der Waals surface area (Å²) in [5.74, 6) is 1.45. The maximum absolute atomic E-state index is 13.0. The Balaban J connectivity index is 1.65. The zero-order chi connectivity index (χ0) is 20.1. The second-order valence-corrected chi connectivity index (χ2v) is 6.97. The van der Waals surface area contributed by atoms with Crippen molar-refractivity contribution in [1.82, 2.24) is 9.80 Å². The molecule has 6 nitrogen and oxygen atoms in total. The summed E-state index contributed by atoms with van der Waals surface area (Å²) in [6, 6.07) is 12.0. The molecule has 0 bridgehead atoms. The summed E-state index contributed by atoms with van der Waals surface area (Å²) >= 11 is 0. The first-order chi connectivity index (χ1) is 13.5. The van der Waals surface area contributed by atoms with Crippen molar-refractivity contribution in [2.45, 2.75) is 13.5 Å². The molecular weight excluding hydrogens is 356 g/mol. The van der Waals surface area contributed by atoms with Crippen LogP contribution in [0.2, 0.25) is 0 Å². The molecule has 0 atom stereocenters. The molecule has 2 aromatic rings. The SMILES string of the molecule is COc1cc(C(=O)N2CCN(Cc3ccc(C)cc3)CC2)cc(OC)c1OC. The van der Waals surface area contributed by atoms with Gasteiger partial charge in [-0.25, -0.2) is 0 Å². The normalized spacial score (nSPS) is 14.6. The Morgan fingerprint density at radius 2 is 1.46 bits per heavy atom. The zero-order valence-electron chi connectivity index (χ0n) is 17.0. The predicted octanol–water partition coefficient (Wildman–Crippen LogP) is 2.98. The first-order valence-corrected chi connectivity index (χ1v) is 9.43.